The highest BCUT2D eigenvalue weighted by molar-refractivity contribution is 5.95. The van der Waals surface area contributed by atoms with E-state index >= 15 is 0 Å². The van der Waals surface area contributed by atoms with Crippen molar-refractivity contribution in [2.24, 2.45) is 0 Å². The summed E-state index contributed by atoms with van der Waals surface area (Å²) in [6.07, 6.45) is 5.21. The largest absolute Gasteiger partial charge is 0.484 e. The summed E-state index contributed by atoms with van der Waals surface area (Å²) in [6.45, 7) is 3.42. The summed E-state index contributed by atoms with van der Waals surface area (Å²) >= 11 is 0. The Morgan fingerprint density at radius 1 is 1.00 bits per heavy atom. The van der Waals surface area contributed by atoms with Crippen molar-refractivity contribution >= 4 is 23.2 Å². The van der Waals surface area contributed by atoms with Gasteiger partial charge in [-0.2, -0.15) is 0 Å². The van der Waals surface area contributed by atoms with E-state index in [1.165, 1.54) is 24.9 Å². The molecule has 2 amide bonds. The number of anilines is 2. The van der Waals surface area contributed by atoms with Crippen molar-refractivity contribution < 1.29 is 14.3 Å². The molecule has 0 N–H and O–H groups in total. The van der Waals surface area contributed by atoms with Crippen LogP contribution in [0.25, 0.3) is 0 Å². The lowest BCUT2D eigenvalue weighted by molar-refractivity contribution is -0.132. The van der Waals surface area contributed by atoms with Gasteiger partial charge in [-0.15, -0.1) is 0 Å². The number of hydrogen-bond acceptors (Lipinski definition) is 4. The molecule has 2 aliphatic heterocycles. The van der Waals surface area contributed by atoms with Crippen molar-refractivity contribution in [3.8, 4) is 5.75 Å². The molecule has 31 heavy (non-hydrogen) atoms. The average molecular weight is 422 g/mol. The standard InChI is InChI=1S/C25H31N3O3/c1-26(18-20-9-3-4-12-23(20)27-14-5-2-6-15-27)25(30)19-31-22-11-7-10-21(17-22)28-16-8-13-24(28)29/h3-4,7,9-12,17H,2,5-6,8,13-16,18-19H2,1H3. The third-order valence-electron chi connectivity index (χ3n) is 6.09. The molecule has 6 nitrogen and oxygen atoms in total. The zero-order valence-electron chi connectivity index (χ0n) is 18.3. The normalized spacial score (nSPS) is 16.5. The molecule has 164 valence electrons. The zero-order valence-corrected chi connectivity index (χ0v) is 18.3. The van der Waals surface area contributed by atoms with Crippen LogP contribution < -0.4 is 14.5 Å². The van der Waals surface area contributed by atoms with E-state index in [0.717, 1.165) is 37.3 Å². The molecule has 0 radical (unpaired) electrons. The van der Waals surface area contributed by atoms with Crippen LogP contribution in [-0.2, 0) is 16.1 Å². The monoisotopic (exact) mass is 421 g/mol. The van der Waals surface area contributed by atoms with Crippen molar-refractivity contribution in [2.45, 2.75) is 38.6 Å². The number of ether oxygens (including phenoxy) is 1. The van der Waals surface area contributed by atoms with Crippen molar-refractivity contribution in [1.82, 2.24) is 4.90 Å². The fraction of sp³-hybridized carbons (Fsp3) is 0.440. The minimum atomic E-state index is -0.0731. The van der Waals surface area contributed by atoms with Gasteiger partial charge in [0.2, 0.25) is 5.91 Å². The van der Waals surface area contributed by atoms with E-state index in [9.17, 15) is 9.59 Å². The van der Waals surface area contributed by atoms with Gasteiger partial charge < -0.3 is 19.4 Å². The summed E-state index contributed by atoms with van der Waals surface area (Å²) in [4.78, 5) is 30.6. The summed E-state index contributed by atoms with van der Waals surface area (Å²) in [5.41, 5.74) is 3.22. The Bertz CT molecular complexity index is 924. The molecule has 0 aromatic heterocycles. The Labute approximate surface area is 184 Å². The van der Waals surface area contributed by atoms with Gasteiger partial charge in [-0.1, -0.05) is 24.3 Å². The van der Waals surface area contributed by atoms with Crippen LogP contribution >= 0.6 is 0 Å². The summed E-state index contributed by atoms with van der Waals surface area (Å²) in [6, 6.07) is 15.8. The Balaban J connectivity index is 1.35. The second kappa shape index (κ2) is 9.86. The van der Waals surface area contributed by atoms with E-state index in [4.69, 9.17) is 4.74 Å². The van der Waals surface area contributed by atoms with Crippen LogP contribution in [0.5, 0.6) is 5.75 Å². The van der Waals surface area contributed by atoms with Gasteiger partial charge in [-0.3, -0.25) is 9.59 Å². The molecule has 0 spiro atoms. The first-order chi connectivity index (χ1) is 15.1. The van der Waals surface area contributed by atoms with Gasteiger partial charge in [0.05, 0.1) is 0 Å². The number of benzene rings is 2. The van der Waals surface area contributed by atoms with Gasteiger partial charge in [-0.05, 0) is 49.4 Å². The molecular weight excluding hydrogens is 390 g/mol. The SMILES string of the molecule is CN(Cc1ccccc1N1CCCCC1)C(=O)COc1cccc(N2CCCC2=O)c1. The number of carbonyl (C=O) groups is 2. The zero-order chi connectivity index (χ0) is 21.6. The van der Waals surface area contributed by atoms with Crippen LogP contribution in [0.15, 0.2) is 48.5 Å². The minimum Gasteiger partial charge on any atom is -0.484 e. The van der Waals surface area contributed by atoms with E-state index in [0.29, 0.717) is 18.7 Å². The lowest BCUT2D eigenvalue weighted by Gasteiger charge is -2.31. The van der Waals surface area contributed by atoms with Crippen molar-refractivity contribution in [3.63, 3.8) is 0 Å². The van der Waals surface area contributed by atoms with Gasteiger partial charge in [0.25, 0.3) is 5.91 Å². The molecule has 2 aromatic carbocycles. The highest BCUT2D eigenvalue weighted by Gasteiger charge is 2.22. The first kappa shape index (κ1) is 21.2. The van der Waals surface area contributed by atoms with Gasteiger partial charge in [0, 0.05) is 57.1 Å². The second-order valence-electron chi connectivity index (χ2n) is 8.36. The predicted octanol–water partition coefficient (Wildman–Crippen LogP) is 3.84. The third-order valence-corrected chi connectivity index (χ3v) is 6.09. The Hall–Kier alpha value is -3.02. The molecular formula is C25H31N3O3. The molecule has 2 heterocycles. The van der Waals surface area contributed by atoms with E-state index in [2.05, 4.69) is 23.1 Å². The molecule has 0 aliphatic carbocycles. The number of rotatable bonds is 7. The van der Waals surface area contributed by atoms with Crippen molar-refractivity contribution in [1.29, 1.82) is 0 Å². The molecule has 0 unspecified atom stereocenters. The molecule has 6 heteroatoms. The molecule has 0 saturated carbocycles. The summed E-state index contributed by atoms with van der Waals surface area (Å²) in [5, 5.41) is 0. The second-order valence-corrected chi connectivity index (χ2v) is 8.36. The smallest absolute Gasteiger partial charge is 0.260 e. The van der Waals surface area contributed by atoms with Gasteiger partial charge in [0.1, 0.15) is 5.75 Å². The van der Waals surface area contributed by atoms with Crippen LogP contribution in [0.3, 0.4) is 0 Å². The predicted molar refractivity (Wildman–Crippen MR) is 123 cm³/mol. The molecule has 4 rings (SSSR count). The van der Waals surface area contributed by atoms with Gasteiger partial charge in [-0.25, -0.2) is 0 Å². The summed E-state index contributed by atoms with van der Waals surface area (Å²) in [7, 11) is 1.82. The maximum atomic E-state index is 12.7. The number of likely N-dealkylation sites (N-methyl/N-ethyl adjacent to an activating group) is 1. The van der Waals surface area contributed by atoms with E-state index in [1.54, 1.807) is 9.80 Å². The van der Waals surface area contributed by atoms with Crippen LogP contribution in [-0.4, -0.2) is 50.0 Å². The Morgan fingerprint density at radius 2 is 1.81 bits per heavy atom. The topological polar surface area (TPSA) is 53.1 Å². The first-order valence-electron chi connectivity index (χ1n) is 11.2. The number of nitrogens with zero attached hydrogens (tertiary/aromatic N) is 3. The lowest BCUT2D eigenvalue weighted by atomic mass is 10.1. The number of para-hydroxylation sites is 1. The number of hydrogen-bond donors (Lipinski definition) is 0. The number of carbonyl (C=O) groups excluding carboxylic acids is 2. The van der Waals surface area contributed by atoms with Crippen molar-refractivity contribution in [3.05, 3.63) is 54.1 Å². The average Bonchev–Trinajstić information content (AvgIpc) is 3.24. The summed E-state index contributed by atoms with van der Waals surface area (Å²) in [5.74, 6) is 0.670. The Morgan fingerprint density at radius 3 is 2.58 bits per heavy atom. The lowest BCUT2D eigenvalue weighted by Crippen LogP contribution is -2.33. The van der Waals surface area contributed by atoms with Crippen LogP contribution in [0.4, 0.5) is 11.4 Å². The maximum absolute atomic E-state index is 12.7. The number of piperidine rings is 1. The van der Waals surface area contributed by atoms with Gasteiger partial charge in [0.15, 0.2) is 6.61 Å². The number of amides is 2. The van der Waals surface area contributed by atoms with Crippen LogP contribution in [0.1, 0.15) is 37.7 Å². The fourth-order valence-electron chi connectivity index (χ4n) is 4.35. The molecule has 2 saturated heterocycles. The third kappa shape index (κ3) is 5.19. The van der Waals surface area contributed by atoms with Crippen LogP contribution in [0, 0.1) is 0 Å². The minimum absolute atomic E-state index is 0.0280. The Kier molecular flexibility index (Phi) is 6.75. The molecule has 2 aromatic rings. The summed E-state index contributed by atoms with van der Waals surface area (Å²) < 4.78 is 5.77. The quantitative estimate of drug-likeness (QED) is 0.682. The van der Waals surface area contributed by atoms with Crippen molar-refractivity contribution in [2.75, 3.05) is 43.1 Å². The van der Waals surface area contributed by atoms with Crippen LogP contribution in [0.2, 0.25) is 0 Å². The molecule has 0 atom stereocenters. The highest BCUT2D eigenvalue weighted by atomic mass is 16.5. The molecule has 0 bridgehead atoms. The first-order valence-corrected chi connectivity index (χ1v) is 11.2. The highest BCUT2D eigenvalue weighted by Crippen LogP contribution is 2.26. The molecule has 2 fully saturated rings. The van der Waals surface area contributed by atoms with E-state index < -0.39 is 0 Å². The van der Waals surface area contributed by atoms with E-state index in [-0.39, 0.29) is 18.4 Å². The fourth-order valence-corrected chi connectivity index (χ4v) is 4.35. The van der Waals surface area contributed by atoms with E-state index in [1.807, 2.05) is 37.4 Å². The van der Waals surface area contributed by atoms with Gasteiger partial charge >= 0.3 is 0 Å². The molecule has 2 aliphatic rings. The maximum Gasteiger partial charge on any atom is 0.260 e.